The smallest absolute Gasteiger partial charge is 0.0402 e. The van der Waals surface area contributed by atoms with E-state index in [1.54, 1.807) is 6.92 Å². The van der Waals surface area contributed by atoms with Gasteiger partial charge in [0, 0.05) is 32.8 Å². The summed E-state index contributed by atoms with van der Waals surface area (Å²) in [5.41, 5.74) is 0. The maximum absolute atomic E-state index is 7.57. The fraction of sp³-hybridized carbons (Fsp3) is 1.00. The maximum atomic E-state index is 7.57. The molecule has 0 bridgehead atoms. The Balaban J connectivity index is 0. The van der Waals surface area contributed by atoms with Gasteiger partial charge in [-0.15, -0.1) is 0 Å². The Kier molecular flexibility index (Phi) is 20.2. The summed E-state index contributed by atoms with van der Waals surface area (Å²) in [4.78, 5) is 0. The van der Waals surface area contributed by atoms with Gasteiger partial charge in [0.25, 0.3) is 0 Å². The molecule has 0 fully saturated rings. The molecule has 0 unspecified atom stereocenters. The van der Waals surface area contributed by atoms with Crippen molar-refractivity contribution >= 4 is 0 Å². The van der Waals surface area contributed by atoms with Crippen molar-refractivity contribution in [3.8, 4) is 0 Å². The van der Waals surface area contributed by atoms with Crippen LogP contribution in [-0.2, 0) is 26.2 Å². The van der Waals surface area contributed by atoms with Crippen LogP contribution in [-0.4, -0.2) is 11.7 Å². The van der Waals surface area contributed by atoms with Gasteiger partial charge in [-0.05, 0) is 6.92 Å². The summed E-state index contributed by atoms with van der Waals surface area (Å²) in [7, 11) is 0. The molecule has 2 heteroatoms. The molecule has 1 nitrogen and oxygen atoms in total. The molecule has 0 aliphatic carbocycles. The first-order valence-corrected chi connectivity index (χ1v) is 1.02. The first-order chi connectivity index (χ1) is 1.41. The Bertz CT molecular complexity index is 6.00. The molecule has 0 heterocycles. The molecular weight excluding hydrogens is 131 g/mol. The Morgan fingerprint density at radius 2 is 1.75 bits per heavy atom. The Labute approximate surface area is 45.1 Å². The zero-order valence-corrected chi connectivity index (χ0v) is 5.11. The van der Waals surface area contributed by atoms with E-state index >= 15 is 0 Å². The maximum Gasteiger partial charge on any atom is 0.0402 e. The third kappa shape index (κ3) is 13.6. The van der Waals surface area contributed by atoms with Gasteiger partial charge in [0.1, 0.15) is 0 Å². The quantitative estimate of drug-likeness (QED) is 0.498. The van der Waals surface area contributed by atoms with Gasteiger partial charge in [-0.25, -0.2) is 0 Å². The van der Waals surface area contributed by atoms with Crippen molar-refractivity contribution < 1.29 is 31.3 Å². The van der Waals surface area contributed by atoms with Gasteiger partial charge in [-0.2, -0.15) is 0 Å². The van der Waals surface area contributed by atoms with E-state index in [2.05, 4.69) is 0 Å². The van der Waals surface area contributed by atoms with E-state index in [4.69, 9.17) is 5.11 Å². The molecule has 0 aromatic rings. The standard InChI is InChI=1S/C2H6O.Zr/c1-2-3;/h3H,2H2,1H3;. The van der Waals surface area contributed by atoms with Crippen molar-refractivity contribution in [2.24, 2.45) is 0 Å². The molecule has 0 rings (SSSR count). The zero-order chi connectivity index (χ0) is 2.71. The van der Waals surface area contributed by atoms with Gasteiger partial charge in [0.05, 0.1) is 0 Å². The molecule has 0 aromatic heterocycles. The Morgan fingerprint density at radius 3 is 1.75 bits per heavy atom. The molecule has 0 aliphatic heterocycles. The van der Waals surface area contributed by atoms with E-state index in [1.807, 2.05) is 0 Å². The minimum atomic E-state index is 0. The Hall–Kier alpha value is 0.843. The van der Waals surface area contributed by atoms with E-state index in [-0.39, 0.29) is 32.8 Å². The third-order valence-corrected chi connectivity index (χ3v) is 0. The Morgan fingerprint density at radius 1 is 1.75 bits per heavy atom. The fourth-order valence-electron chi connectivity index (χ4n) is 0. The molecule has 0 amide bonds. The van der Waals surface area contributed by atoms with E-state index in [0.29, 0.717) is 0 Å². The van der Waals surface area contributed by atoms with Crippen molar-refractivity contribution in [2.75, 3.05) is 6.61 Å². The van der Waals surface area contributed by atoms with Crippen molar-refractivity contribution in [3.05, 3.63) is 0 Å². The molecule has 1 N–H and O–H groups in total. The summed E-state index contributed by atoms with van der Waals surface area (Å²) in [6.45, 7) is 1.93. The van der Waals surface area contributed by atoms with E-state index in [0.717, 1.165) is 0 Å². The predicted octanol–water partition coefficient (Wildman–Crippen LogP) is -0.00390. The van der Waals surface area contributed by atoms with E-state index in [9.17, 15) is 0 Å². The van der Waals surface area contributed by atoms with Gasteiger partial charge >= 0.3 is 0 Å². The van der Waals surface area contributed by atoms with Gasteiger partial charge in [0.2, 0.25) is 0 Å². The second-order valence-electron chi connectivity index (χ2n) is 0.316. The molecule has 0 radical (unpaired) electrons. The molecule has 4 heavy (non-hydrogen) atoms. The molecule has 0 saturated carbocycles. The second kappa shape index (κ2) is 9.14. The predicted molar refractivity (Wildman–Crippen MR) is 12.8 cm³/mol. The van der Waals surface area contributed by atoms with Crippen LogP contribution >= 0.6 is 0 Å². The van der Waals surface area contributed by atoms with Crippen LogP contribution in [0.3, 0.4) is 0 Å². The summed E-state index contributed by atoms with van der Waals surface area (Å²) < 4.78 is 0. The third-order valence-electron chi connectivity index (χ3n) is 0. The van der Waals surface area contributed by atoms with Crippen LogP contribution in [0.1, 0.15) is 6.92 Å². The first-order valence-electron chi connectivity index (χ1n) is 1.02. The first kappa shape index (κ1) is 8.85. The summed E-state index contributed by atoms with van der Waals surface area (Å²) in [5.74, 6) is 0. The number of hydrogen-bond acceptors (Lipinski definition) is 1. The van der Waals surface area contributed by atoms with E-state index in [1.165, 1.54) is 0 Å². The monoisotopic (exact) mass is 136 g/mol. The zero-order valence-electron chi connectivity index (χ0n) is 2.65. The van der Waals surface area contributed by atoms with Crippen molar-refractivity contribution in [2.45, 2.75) is 6.92 Å². The summed E-state index contributed by atoms with van der Waals surface area (Å²) in [5, 5.41) is 7.57. The van der Waals surface area contributed by atoms with E-state index < -0.39 is 0 Å². The fourth-order valence-corrected chi connectivity index (χ4v) is 0. The average Bonchev–Trinajstić information content (AvgIpc) is 0.918. The SMILES string of the molecule is CCO.[Zr]. The minimum absolute atomic E-state index is 0. The summed E-state index contributed by atoms with van der Waals surface area (Å²) in [6, 6.07) is 0. The van der Waals surface area contributed by atoms with Crippen molar-refractivity contribution in [3.63, 3.8) is 0 Å². The van der Waals surface area contributed by atoms with Crippen molar-refractivity contribution in [1.29, 1.82) is 0 Å². The van der Waals surface area contributed by atoms with Crippen LogP contribution in [0, 0.1) is 0 Å². The van der Waals surface area contributed by atoms with Gasteiger partial charge in [-0.3, -0.25) is 0 Å². The van der Waals surface area contributed by atoms with Crippen LogP contribution in [0.4, 0.5) is 0 Å². The summed E-state index contributed by atoms with van der Waals surface area (Å²) >= 11 is 0. The molecular formula is C2H6OZr. The molecule has 0 aliphatic rings. The van der Waals surface area contributed by atoms with Gasteiger partial charge in [-0.1, -0.05) is 0 Å². The topological polar surface area (TPSA) is 20.2 Å². The van der Waals surface area contributed by atoms with Crippen LogP contribution in [0.25, 0.3) is 0 Å². The number of rotatable bonds is 0. The van der Waals surface area contributed by atoms with Crippen LogP contribution in [0.5, 0.6) is 0 Å². The second-order valence-corrected chi connectivity index (χ2v) is 0.316. The number of aliphatic hydroxyl groups is 1. The summed E-state index contributed by atoms with van der Waals surface area (Å²) in [6.07, 6.45) is 0. The molecule has 0 aromatic carbocycles. The normalized spacial score (nSPS) is 4.50. The molecule has 0 spiro atoms. The largest absolute Gasteiger partial charge is 0.397 e. The van der Waals surface area contributed by atoms with Crippen molar-refractivity contribution in [1.82, 2.24) is 0 Å². The average molecular weight is 137 g/mol. The number of aliphatic hydroxyl groups excluding tert-OH is 1. The molecule has 0 atom stereocenters. The minimum Gasteiger partial charge on any atom is -0.397 e. The van der Waals surface area contributed by atoms with Crippen LogP contribution < -0.4 is 0 Å². The molecule has 24 valence electrons. The van der Waals surface area contributed by atoms with Crippen LogP contribution in [0.15, 0.2) is 0 Å². The van der Waals surface area contributed by atoms with Crippen LogP contribution in [0.2, 0.25) is 0 Å². The number of hydrogen-bond donors (Lipinski definition) is 1. The molecule has 0 saturated heterocycles. The van der Waals surface area contributed by atoms with Gasteiger partial charge in [0.15, 0.2) is 0 Å². The van der Waals surface area contributed by atoms with Gasteiger partial charge < -0.3 is 5.11 Å².